The van der Waals surface area contributed by atoms with Gasteiger partial charge in [0.2, 0.25) is 0 Å². The molecule has 0 aromatic rings. The molecule has 0 heterocycles. The third-order valence-corrected chi connectivity index (χ3v) is 22.4. The van der Waals surface area contributed by atoms with Crippen LogP contribution in [0.25, 0.3) is 0 Å². The first-order valence-corrected chi connectivity index (χ1v) is 21.1. The molecule has 0 spiro atoms. The van der Waals surface area contributed by atoms with Gasteiger partial charge in [-0.1, -0.05) is 93.4 Å². The van der Waals surface area contributed by atoms with E-state index in [0.29, 0.717) is 45.6 Å². The van der Waals surface area contributed by atoms with Crippen LogP contribution in [0.1, 0.15) is 107 Å². The molecule has 0 amide bonds. The van der Waals surface area contributed by atoms with Crippen molar-refractivity contribution in [3.63, 3.8) is 0 Å². The Balaban J connectivity index is 2.35. The Bertz CT molecular complexity index is 580. The fourth-order valence-corrected chi connectivity index (χ4v) is 12.2. The highest BCUT2D eigenvalue weighted by Crippen LogP contribution is 2.48. The molecule has 2 fully saturated rings. The van der Waals surface area contributed by atoms with Gasteiger partial charge in [0.1, 0.15) is 0 Å². The number of rotatable bonds is 10. The maximum atomic E-state index is 7.31. The van der Waals surface area contributed by atoms with Gasteiger partial charge >= 0.3 is 0 Å². The Labute approximate surface area is 221 Å². The van der Waals surface area contributed by atoms with E-state index < -0.39 is 16.1 Å². The van der Waals surface area contributed by atoms with Gasteiger partial charge in [0.15, 0.2) is 0 Å². The zero-order valence-electron chi connectivity index (χ0n) is 25.8. The Morgan fingerprint density at radius 3 is 1.20 bits per heavy atom. The first kappa shape index (κ1) is 31.5. The molecule has 2 rings (SSSR count). The van der Waals surface area contributed by atoms with Crippen LogP contribution in [0.5, 0.6) is 0 Å². The maximum absolute atomic E-state index is 7.31. The summed E-state index contributed by atoms with van der Waals surface area (Å²) in [5.41, 5.74) is 0.728. The molecule has 6 unspecified atom stereocenters. The highest BCUT2D eigenvalue weighted by molar-refractivity contribution is 6.81. The van der Waals surface area contributed by atoms with Gasteiger partial charge in [-0.3, -0.25) is 0 Å². The van der Waals surface area contributed by atoms with E-state index in [1.54, 1.807) is 0 Å². The highest BCUT2D eigenvalue weighted by atomic mass is 28.3. The number of hydrogen-bond acceptors (Lipinski definition) is 3. The van der Waals surface area contributed by atoms with Gasteiger partial charge in [0.25, 0.3) is 0 Å². The van der Waals surface area contributed by atoms with Crippen molar-refractivity contribution in [2.45, 2.75) is 167 Å². The molecule has 208 valence electrons. The minimum Gasteiger partial charge on any atom is -0.381 e. The lowest BCUT2D eigenvalue weighted by Crippen LogP contribution is -2.59. The van der Waals surface area contributed by atoms with Crippen molar-refractivity contribution in [1.29, 1.82) is 0 Å². The normalized spacial score (nSPS) is 29.1. The molecule has 0 bridgehead atoms. The Morgan fingerprint density at radius 2 is 0.914 bits per heavy atom. The van der Waals surface area contributed by atoms with Crippen LogP contribution in [0.4, 0.5) is 0 Å². The molecular weight excluding hydrogens is 464 g/mol. The summed E-state index contributed by atoms with van der Waals surface area (Å²) >= 11 is 0. The van der Waals surface area contributed by atoms with Gasteiger partial charge in [-0.2, -0.15) is 0 Å². The molecule has 2 aliphatic rings. The van der Waals surface area contributed by atoms with Gasteiger partial charge in [-0.15, -0.1) is 0 Å². The summed E-state index contributed by atoms with van der Waals surface area (Å²) in [6.45, 7) is 30.9. The molecule has 0 aromatic carbocycles. The Kier molecular flexibility index (Phi) is 11.2. The van der Waals surface area contributed by atoms with Gasteiger partial charge in [0, 0.05) is 25.0 Å². The smallest absolute Gasteiger partial charge is 0.0873 e. The largest absolute Gasteiger partial charge is 0.381 e. The minimum atomic E-state index is -1.68. The van der Waals surface area contributed by atoms with Crippen molar-refractivity contribution in [2.24, 2.45) is 11.8 Å². The van der Waals surface area contributed by atoms with Crippen LogP contribution in [-0.2, 0) is 14.2 Å². The summed E-state index contributed by atoms with van der Waals surface area (Å²) in [4.78, 5) is 0. The topological polar surface area (TPSA) is 27.7 Å². The van der Waals surface area contributed by atoms with Crippen LogP contribution in [0.2, 0.25) is 36.3 Å². The fraction of sp³-hybridized carbons (Fsp3) is 1.00. The SMILES string of the molecule is CCOC(C1CCCCC1OC1CCCCC1C(OCC)[Si](C)(C)C(C)(C)C)[Si](C)(C)C(C)(C)C. The fourth-order valence-electron chi connectivity index (χ4n) is 6.45. The van der Waals surface area contributed by atoms with Crippen molar-refractivity contribution in [3.8, 4) is 0 Å². The van der Waals surface area contributed by atoms with E-state index in [0.717, 1.165) is 13.2 Å². The van der Waals surface area contributed by atoms with Crippen molar-refractivity contribution in [1.82, 2.24) is 0 Å². The summed E-state index contributed by atoms with van der Waals surface area (Å²) in [6.07, 6.45) is 10.8. The maximum Gasteiger partial charge on any atom is 0.0873 e. The molecule has 0 saturated heterocycles. The third kappa shape index (κ3) is 7.25. The molecule has 35 heavy (non-hydrogen) atoms. The zero-order valence-corrected chi connectivity index (χ0v) is 27.8. The molecule has 0 radical (unpaired) electrons. The summed E-state index contributed by atoms with van der Waals surface area (Å²) < 4.78 is 20.6. The van der Waals surface area contributed by atoms with Gasteiger partial charge in [0.05, 0.1) is 39.8 Å². The van der Waals surface area contributed by atoms with E-state index in [-0.39, 0.29) is 0 Å². The molecular formula is C30H62O3Si2. The van der Waals surface area contributed by atoms with E-state index in [1.165, 1.54) is 51.4 Å². The average molecular weight is 527 g/mol. The molecule has 0 aromatic heterocycles. The van der Waals surface area contributed by atoms with E-state index in [9.17, 15) is 0 Å². The third-order valence-electron chi connectivity index (χ3n) is 10.6. The highest BCUT2D eigenvalue weighted by Gasteiger charge is 2.52. The first-order chi connectivity index (χ1) is 16.1. The minimum absolute atomic E-state index is 0.310. The second-order valence-corrected chi connectivity index (χ2v) is 25.8. The van der Waals surface area contributed by atoms with Crippen LogP contribution in [0, 0.1) is 11.8 Å². The molecule has 2 aliphatic carbocycles. The van der Waals surface area contributed by atoms with E-state index in [2.05, 4.69) is 81.6 Å². The van der Waals surface area contributed by atoms with Crippen molar-refractivity contribution >= 4 is 16.1 Å². The molecule has 3 nitrogen and oxygen atoms in total. The van der Waals surface area contributed by atoms with Crippen molar-refractivity contribution in [3.05, 3.63) is 0 Å². The zero-order chi connectivity index (χ0) is 26.7. The van der Waals surface area contributed by atoms with E-state index in [1.807, 2.05) is 0 Å². The number of ether oxygens (including phenoxy) is 3. The lowest BCUT2D eigenvalue weighted by atomic mass is 9.83. The average Bonchev–Trinajstić information content (AvgIpc) is 2.75. The lowest BCUT2D eigenvalue weighted by molar-refractivity contribution is -0.131. The van der Waals surface area contributed by atoms with Crippen LogP contribution in [0.15, 0.2) is 0 Å². The second kappa shape index (κ2) is 12.4. The van der Waals surface area contributed by atoms with Crippen molar-refractivity contribution in [2.75, 3.05) is 13.2 Å². The molecule has 0 aliphatic heterocycles. The van der Waals surface area contributed by atoms with Crippen LogP contribution in [-0.4, -0.2) is 53.0 Å². The van der Waals surface area contributed by atoms with Crippen LogP contribution in [0.3, 0.4) is 0 Å². The lowest BCUT2D eigenvalue weighted by Gasteiger charge is -2.51. The van der Waals surface area contributed by atoms with Crippen LogP contribution >= 0.6 is 0 Å². The molecule has 5 heteroatoms. The van der Waals surface area contributed by atoms with Gasteiger partial charge in [-0.05, 0) is 49.6 Å². The van der Waals surface area contributed by atoms with Crippen LogP contribution < -0.4 is 0 Å². The van der Waals surface area contributed by atoms with Crippen molar-refractivity contribution < 1.29 is 14.2 Å². The van der Waals surface area contributed by atoms with Gasteiger partial charge in [-0.25, -0.2) is 0 Å². The predicted octanol–water partition coefficient (Wildman–Crippen LogP) is 9.03. The summed E-state index contributed by atoms with van der Waals surface area (Å²) in [5, 5.41) is 0.620. The summed E-state index contributed by atoms with van der Waals surface area (Å²) in [7, 11) is -3.35. The monoisotopic (exact) mass is 526 g/mol. The summed E-state index contributed by atoms with van der Waals surface area (Å²) in [5.74, 6) is 1.07. The molecule has 6 atom stereocenters. The quantitative estimate of drug-likeness (QED) is 0.266. The van der Waals surface area contributed by atoms with E-state index in [4.69, 9.17) is 14.2 Å². The molecule has 0 N–H and O–H groups in total. The Morgan fingerprint density at radius 1 is 0.600 bits per heavy atom. The first-order valence-electron chi connectivity index (χ1n) is 15.0. The number of hydrogen-bond donors (Lipinski definition) is 0. The standard InChI is InChI=1S/C30H62O3Si2/c1-13-31-27(34(9,10)29(3,4)5)23-19-15-17-21-25(23)33-26-22-18-16-20-24(26)28(32-14-2)35(11,12)30(6,7)8/h23-28H,13-22H2,1-12H3. The Hall–Kier alpha value is 0.314. The second-order valence-electron chi connectivity index (χ2n) is 14.8. The van der Waals surface area contributed by atoms with Gasteiger partial charge < -0.3 is 14.2 Å². The van der Waals surface area contributed by atoms with E-state index >= 15 is 0 Å². The summed E-state index contributed by atoms with van der Waals surface area (Å²) in [6, 6.07) is 0. The predicted molar refractivity (Wildman–Crippen MR) is 158 cm³/mol. The molecule has 2 saturated carbocycles.